The fraction of sp³-hybridized carbons (Fsp3) is 0.286. The van der Waals surface area contributed by atoms with Crippen molar-refractivity contribution in [3.63, 3.8) is 0 Å². The number of nitrogens with two attached hydrogens (primary N) is 1. The Bertz CT molecular complexity index is 573. The Labute approximate surface area is 107 Å². The number of aryl methyl sites for hydroxylation is 1. The third-order valence-corrected chi connectivity index (χ3v) is 2.78. The molecule has 0 spiro atoms. The van der Waals surface area contributed by atoms with Crippen molar-refractivity contribution in [2.45, 2.75) is 26.4 Å². The summed E-state index contributed by atoms with van der Waals surface area (Å²) < 4.78 is 0. The molecule has 4 heteroatoms. The predicted molar refractivity (Wildman–Crippen MR) is 71.9 cm³/mol. The topological polar surface area (TPSA) is 72.0 Å². The third kappa shape index (κ3) is 2.49. The summed E-state index contributed by atoms with van der Waals surface area (Å²) in [4.78, 5) is 8.45. The van der Waals surface area contributed by atoms with Crippen LogP contribution in [0.2, 0.25) is 0 Å². The van der Waals surface area contributed by atoms with Crippen molar-refractivity contribution in [2.75, 3.05) is 5.73 Å². The van der Waals surface area contributed by atoms with E-state index in [2.05, 4.69) is 9.97 Å². The molecule has 3 N–H and O–H groups in total. The maximum atomic E-state index is 9.91. The molecule has 1 aromatic heterocycles. The lowest BCUT2D eigenvalue weighted by molar-refractivity contribution is 0.0688. The highest BCUT2D eigenvalue weighted by Crippen LogP contribution is 2.23. The number of aliphatic hydroxyl groups is 1. The minimum atomic E-state index is -1.05. The molecule has 0 unspecified atom stereocenters. The molecule has 0 amide bonds. The molecule has 0 atom stereocenters. The molecule has 2 aromatic rings. The van der Waals surface area contributed by atoms with Crippen LogP contribution in [-0.2, 0) is 5.60 Å². The SMILES string of the molecule is Cc1ccc(-c2ccnc(C(C)(C)O)n2)cc1N. The van der Waals surface area contributed by atoms with Crippen LogP contribution in [0.1, 0.15) is 25.2 Å². The maximum Gasteiger partial charge on any atom is 0.159 e. The summed E-state index contributed by atoms with van der Waals surface area (Å²) in [5.41, 5.74) is 8.29. The first-order chi connectivity index (χ1) is 8.38. The summed E-state index contributed by atoms with van der Waals surface area (Å²) in [6.07, 6.45) is 1.64. The number of nitrogen functional groups attached to an aromatic ring is 1. The Morgan fingerprint density at radius 3 is 2.56 bits per heavy atom. The van der Waals surface area contributed by atoms with E-state index in [0.717, 1.165) is 22.5 Å². The van der Waals surface area contributed by atoms with E-state index >= 15 is 0 Å². The van der Waals surface area contributed by atoms with Crippen molar-refractivity contribution in [1.29, 1.82) is 0 Å². The van der Waals surface area contributed by atoms with E-state index in [1.54, 1.807) is 26.1 Å². The molecule has 18 heavy (non-hydrogen) atoms. The van der Waals surface area contributed by atoms with Gasteiger partial charge in [0.25, 0.3) is 0 Å². The van der Waals surface area contributed by atoms with Gasteiger partial charge >= 0.3 is 0 Å². The van der Waals surface area contributed by atoms with Crippen molar-refractivity contribution >= 4 is 5.69 Å². The van der Waals surface area contributed by atoms with Gasteiger partial charge in [-0.05, 0) is 38.5 Å². The van der Waals surface area contributed by atoms with Crippen LogP contribution in [0.25, 0.3) is 11.3 Å². The lowest BCUT2D eigenvalue weighted by atomic mass is 10.1. The monoisotopic (exact) mass is 243 g/mol. The fourth-order valence-corrected chi connectivity index (χ4v) is 1.61. The van der Waals surface area contributed by atoms with Crippen LogP contribution in [-0.4, -0.2) is 15.1 Å². The minimum absolute atomic E-state index is 0.402. The normalized spacial score (nSPS) is 11.6. The summed E-state index contributed by atoms with van der Waals surface area (Å²) >= 11 is 0. The summed E-state index contributed by atoms with van der Waals surface area (Å²) in [6.45, 7) is 5.28. The molecule has 4 nitrogen and oxygen atoms in total. The summed E-state index contributed by atoms with van der Waals surface area (Å²) in [6, 6.07) is 7.60. The number of nitrogens with zero attached hydrogens (tertiary/aromatic N) is 2. The van der Waals surface area contributed by atoms with E-state index < -0.39 is 5.60 Å². The first-order valence-corrected chi connectivity index (χ1v) is 5.80. The van der Waals surface area contributed by atoms with E-state index in [9.17, 15) is 5.11 Å². The van der Waals surface area contributed by atoms with Crippen LogP contribution in [0.5, 0.6) is 0 Å². The zero-order chi connectivity index (χ0) is 13.3. The zero-order valence-corrected chi connectivity index (χ0v) is 10.8. The molecule has 0 saturated heterocycles. The molecule has 0 saturated carbocycles. The predicted octanol–water partition coefficient (Wildman–Crippen LogP) is 2.26. The van der Waals surface area contributed by atoms with E-state index in [1.807, 2.05) is 25.1 Å². The van der Waals surface area contributed by atoms with Crippen LogP contribution in [0, 0.1) is 6.92 Å². The maximum absolute atomic E-state index is 9.91. The van der Waals surface area contributed by atoms with Crippen molar-refractivity contribution in [1.82, 2.24) is 9.97 Å². The Kier molecular flexibility index (Phi) is 3.05. The van der Waals surface area contributed by atoms with Gasteiger partial charge in [-0.1, -0.05) is 12.1 Å². The van der Waals surface area contributed by atoms with E-state index in [4.69, 9.17) is 5.73 Å². The lowest BCUT2D eigenvalue weighted by Crippen LogP contribution is -2.19. The summed E-state index contributed by atoms with van der Waals surface area (Å²) in [5, 5.41) is 9.91. The number of benzene rings is 1. The lowest BCUT2D eigenvalue weighted by Gasteiger charge is -2.15. The molecule has 0 aliphatic rings. The van der Waals surface area contributed by atoms with Crippen LogP contribution in [0.15, 0.2) is 30.5 Å². The van der Waals surface area contributed by atoms with Crippen LogP contribution in [0.3, 0.4) is 0 Å². The number of hydrogen-bond acceptors (Lipinski definition) is 4. The highest BCUT2D eigenvalue weighted by atomic mass is 16.3. The number of rotatable bonds is 2. The molecule has 1 heterocycles. The average Bonchev–Trinajstić information content (AvgIpc) is 2.32. The zero-order valence-electron chi connectivity index (χ0n) is 10.8. The first-order valence-electron chi connectivity index (χ1n) is 5.80. The number of anilines is 1. The van der Waals surface area contributed by atoms with Gasteiger partial charge in [-0.2, -0.15) is 0 Å². The minimum Gasteiger partial charge on any atom is -0.398 e. The Balaban J connectivity index is 2.48. The van der Waals surface area contributed by atoms with Gasteiger partial charge in [0.2, 0.25) is 0 Å². The molecule has 0 fully saturated rings. The molecular weight excluding hydrogens is 226 g/mol. The first kappa shape index (κ1) is 12.5. The Hall–Kier alpha value is -1.94. The van der Waals surface area contributed by atoms with Gasteiger partial charge in [0.15, 0.2) is 5.82 Å². The van der Waals surface area contributed by atoms with E-state index in [1.165, 1.54) is 0 Å². The molecule has 0 aliphatic carbocycles. The van der Waals surface area contributed by atoms with Crippen molar-refractivity contribution in [2.24, 2.45) is 0 Å². The van der Waals surface area contributed by atoms with Crippen molar-refractivity contribution in [3.05, 3.63) is 41.9 Å². The smallest absolute Gasteiger partial charge is 0.159 e. The van der Waals surface area contributed by atoms with Gasteiger partial charge in [0, 0.05) is 17.4 Å². The number of aromatic nitrogens is 2. The second-order valence-electron chi connectivity index (χ2n) is 4.90. The highest BCUT2D eigenvalue weighted by molar-refractivity contribution is 5.65. The number of hydrogen-bond donors (Lipinski definition) is 2. The molecule has 94 valence electrons. The average molecular weight is 243 g/mol. The molecule has 0 aliphatic heterocycles. The summed E-state index contributed by atoms with van der Waals surface area (Å²) in [5.74, 6) is 0.402. The van der Waals surface area contributed by atoms with E-state index in [0.29, 0.717) is 5.82 Å². The van der Waals surface area contributed by atoms with Crippen LogP contribution < -0.4 is 5.73 Å². The Morgan fingerprint density at radius 2 is 1.94 bits per heavy atom. The van der Waals surface area contributed by atoms with Crippen molar-refractivity contribution in [3.8, 4) is 11.3 Å². The standard InChI is InChI=1S/C14H17N3O/c1-9-4-5-10(8-11(9)15)12-6-7-16-13(17-12)14(2,3)18/h4-8,18H,15H2,1-3H3. The van der Waals surface area contributed by atoms with Gasteiger partial charge < -0.3 is 10.8 Å². The van der Waals surface area contributed by atoms with Crippen molar-refractivity contribution < 1.29 is 5.11 Å². The highest BCUT2D eigenvalue weighted by Gasteiger charge is 2.19. The van der Waals surface area contributed by atoms with Crippen LogP contribution in [0.4, 0.5) is 5.69 Å². The van der Waals surface area contributed by atoms with Gasteiger partial charge in [0.05, 0.1) is 5.69 Å². The second-order valence-corrected chi connectivity index (χ2v) is 4.90. The summed E-state index contributed by atoms with van der Waals surface area (Å²) in [7, 11) is 0. The quantitative estimate of drug-likeness (QED) is 0.794. The molecule has 1 aromatic carbocycles. The fourth-order valence-electron chi connectivity index (χ4n) is 1.61. The molecule has 0 radical (unpaired) electrons. The molecule has 2 rings (SSSR count). The molecular formula is C14H17N3O. The van der Waals surface area contributed by atoms with Gasteiger partial charge in [-0.15, -0.1) is 0 Å². The van der Waals surface area contributed by atoms with Gasteiger partial charge in [-0.25, -0.2) is 9.97 Å². The van der Waals surface area contributed by atoms with Crippen LogP contribution >= 0.6 is 0 Å². The van der Waals surface area contributed by atoms with Gasteiger partial charge in [0.1, 0.15) is 5.60 Å². The van der Waals surface area contributed by atoms with Gasteiger partial charge in [-0.3, -0.25) is 0 Å². The Morgan fingerprint density at radius 1 is 1.22 bits per heavy atom. The largest absolute Gasteiger partial charge is 0.398 e. The molecule has 0 bridgehead atoms. The second kappa shape index (κ2) is 4.38. The van der Waals surface area contributed by atoms with E-state index in [-0.39, 0.29) is 0 Å². The third-order valence-electron chi connectivity index (χ3n) is 2.78.